The molecule has 0 aliphatic heterocycles. The van der Waals surface area contributed by atoms with E-state index < -0.39 is 36.7 Å². The van der Waals surface area contributed by atoms with Crippen molar-refractivity contribution in [1.82, 2.24) is 10.2 Å². The average Bonchev–Trinajstić information content (AvgIpc) is 3.00. The van der Waals surface area contributed by atoms with Crippen LogP contribution in [0.25, 0.3) is 21.9 Å². The minimum atomic E-state index is -1.77. The minimum absolute atomic E-state index is 0.0210. The van der Waals surface area contributed by atoms with Gasteiger partial charge in [-0.1, -0.05) is 92.7 Å². The molecule has 0 fully saturated rings. The lowest BCUT2D eigenvalue weighted by Gasteiger charge is -2.28. The zero-order valence-corrected chi connectivity index (χ0v) is 24.4. The van der Waals surface area contributed by atoms with E-state index in [-0.39, 0.29) is 24.6 Å². The second-order valence-corrected chi connectivity index (χ2v) is 10.7. The number of nitrogens with one attached hydrogen (secondary N) is 1. The summed E-state index contributed by atoms with van der Waals surface area (Å²) in [5, 5.41) is 24.1. The van der Waals surface area contributed by atoms with Gasteiger partial charge in [-0.3, -0.25) is 0 Å². The van der Waals surface area contributed by atoms with Gasteiger partial charge in [-0.05, 0) is 45.5 Å². The molecule has 4 aromatic rings. The van der Waals surface area contributed by atoms with E-state index in [1.165, 1.54) is 12.0 Å². The Morgan fingerprint density at radius 3 is 2.16 bits per heavy atom. The molecule has 43 heavy (non-hydrogen) atoms. The number of methoxy groups -OCH3 is 1. The lowest BCUT2D eigenvalue weighted by molar-refractivity contribution is -0.147. The molecule has 3 N–H and O–H groups in total. The highest BCUT2D eigenvalue weighted by atomic mass is 16.6. The summed E-state index contributed by atoms with van der Waals surface area (Å²) < 4.78 is 11.0. The van der Waals surface area contributed by atoms with Crippen molar-refractivity contribution in [2.75, 3.05) is 20.2 Å². The van der Waals surface area contributed by atoms with Crippen LogP contribution in [-0.2, 0) is 16.0 Å². The largest absolute Gasteiger partial charge is 0.493 e. The minimum Gasteiger partial charge on any atom is -0.493 e. The molecular weight excluding hydrogens is 548 g/mol. The van der Waals surface area contributed by atoms with E-state index in [0.29, 0.717) is 5.75 Å². The number of esters is 1. The Bertz CT molecular complexity index is 1560. The van der Waals surface area contributed by atoms with Gasteiger partial charge in [0.1, 0.15) is 6.04 Å². The molecule has 0 aromatic heterocycles. The topological polar surface area (TPSA) is 125 Å². The lowest BCUT2D eigenvalue weighted by Crippen LogP contribution is -2.53. The molecule has 0 saturated carbocycles. The molecule has 0 aliphatic carbocycles. The fourth-order valence-corrected chi connectivity index (χ4v) is 4.82. The Hall–Kier alpha value is -4.89. The van der Waals surface area contributed by atoms with Gasteiger partial charge in [0, 0.05) is 13.0 Å². The molecule has 2 atom stereocenters. The molecule has 0 spiro atoms. The average molecular weight is 585 g/mol. The number of carboxylic acids is 1. The van der Waals surface area contributed by atoms with Crippen LogP contribution in [0.4, 0.5) is 4.79 Å². The number of carboxylic acid groups (broad SMARTS) is 1. The first-order valence-corrected chi connectivity index (χ1v) is 14.0. The summed E-state index contributed by atoms with van der Waals surface area (Å²) in [6.45, 7) is 3.45. The van der Waals surface area contributed by atoms with Crippen LogP contribution in [0.3, 0.4) is 0 Å². The predicted molar refractivity (Wildman–Crippen MR) is 164 cm³/mol. The zero-order valence-electron chi connectivity index (χ0n) is 24.4. The number of nitrogens with zero attached hydrogens (tertiary/aromatic N) is 1. The van der Waals surface area contributed by atoms with Crippen LogP contribution in [0.1, 0.15) is 19.4 Å². The normalized spacial score (nSPS) is 12.4. The number of hydrogen-bond donors (Lipinski definition) is 3. The van der Waals surface area contributed by atoms with Crippen molar-refractivity contribution in [2.45, 2.75) is 32.4 Å². The molecule has 9 nitrogen and oxygen atoms in total. The Morgan fingerprint density at radius 2 is 1.49 bits per heavy atom. The third kappa shape index (κ3) is 8.11. The first kappa shape index (κ1) is 31.1. The fraction of sp³-hybridized carbons (Fsp3) is 0.265. The van der Waals surface area contributed by atoms with Gasteiger partial charge in [0.25, 0.3) is 0 Å². The van der Waals surface area contributed by atoms with Crippen molar-refractivity contribution >= 4 is 28.7 Å². The van der Waals surface area contributed by atoms with Crippen LogP contribution in [0.15, 0.2) is 91.0 Å². The quantitative estimate of drug-likeness (QED) is 0.155. The van der Waals surface area contributed by atoms with Crippen molar-refractivity contribution in [2.24, 2.45) is 5.92 Å². The van der Waals surface area contributed by atoms with Gasteiger partial charge in [0.05, 0.1) is 13.7 Å². The Kier molecular flexibility index (Phi) is 10.3. The number of amides is 2. The number of aliphatic hydroxyl groups is 1. The standard InChI is InChI=1S/C34H36N2O7/c1-22(2)20-36(21-29(37)32(38)39)34(41)35-28(33(40)43-31-14-7-6-13-30(31)42-3)19-23-15-17-25(18-16-23)27-12-8-10-24-9-4-5-11-26(24)27/h4-18,22,28-29,37H,19-21H2,1-3H3,(H,35,41)(H,38,39)/t28-,29?/m0/s1. The van der Waals surface area contributed by atoms with E-state index in [1.54, 1.807) is 24.3 Å². The molecule has 9 heteroatoms. The summed E-state index contributed by atoms with van der Waals surface area (Å²) in [6.07, 6.45) is -1.67. The fourth-order valence-electron chi connectivity index (χ4n) is 4.82. The Labute approximate surface area is 250 Å². The van der Waals surface area contributed by atoms with E-state index in [2.05, 4.69) is 29.6 Å². The van der Waals surface area contributed by atoms with Crippen LogP contribution in [-0.4, -0.2) is 65.4 Å². The van der Waals surface area contributed by atoms with Crippen molar-refractivity contribution in [3.63, 3.8) is 0 Å². The number of rotatable bonds is 12. The molecule has 0 bridgehead atoms. The number of fused-ring (bicyclic) bond motifs is 1. The molecule has 1 unspecified atom stereocenters. The van der Waals surface area contributed by atoms with E-state index in [4.69, 9.17) is 9.47 Å². The predicted octanol–water partition coefficient (Wildman–Crippen LogP) is 5.15. The summed E-state index contributed by atoms with van der Waals surface area (Å²) >= 11 is 0. The molecule has 0 saturated heterocycles. The number of carbonyl (C=O) groups is 3. The monoisotopic (exact) mass is 584 g/mol. The van der Waals surface area contributed by atoms with Crippen molar-refractivity contribution in [1.29, 1.82) is 0 Å². The highest BCUT2D eigenvalue weighted by molar-refractivity contribution is 5.96. The van der Waals surface area contributed by atoms with E-state index in [1.807, 2.05) is 56.3 Å². The van der Waals surface area contributed by atoms with Crippen LogP contribution < -0.4 is 14.8 Å². The SMILES string of the molecule is COc1ccccc1OC(=O)[C@H](Cc1ccc(-c2cccc3ccccc23)cc1)NC(=O)N(CC(C)C)CC(O)C(=O)O. The first-order chi connectivity index (χ1) is 20.7. The molecule has 4 rings (SSSR count). The lowest BCUT2D eigenvalue weighted by atomic mass is 9.96. The van der Waals surface area contributed by atoms with Gasteiger partial charge in [0.2, 0.25) is 0 Å². The Morgan fingerprint density at radius 1 is 0.837 bits per heavy atom. The maximum atomic E-state index is 13.5. The van der Waals surface area contributed by atoms with E-state index in [0.717, 1.165) is 27.5 Å². The second kappa shape index (κ2) is 14.3. The van der Waals surface area contributed by atoms with Crippen LogP contribution in [0.2, 0.25) is 0 Å². The zero-order chi connectivity index (χ0) is 30.9. The number of aliphatic carboxylic acids is 1. The number of carbonyl (C=O) groups excluding carboxylic acids is 2. The highest BCUT2D eigenvalue weighted by Gasteiger charge is 2.29. The Balaban J connectivity index is 1.60. The first-order valence-electron chi connectivity index (χ1n) is 14.0. The third-order valence-corrected chi connectivity index (χ3v) is 6.91. The van der Waals surface area contributed by atoms with Gasteiger partial charge in [0.15, 0.2) is 17.6 Å². The second-order valence-electron chi connectivity index (χ2n) is 10.7. The molecule has 2 amide bonds. The van der Waals surface area contributed by atoms with Crippen molar-refractivity contribution in [3.05, 3.63) is 96.6 Å². The van der Waals surface area contributed by atoms with Gasteiger partial charge in [-0.25, -0.2) is 14.4 Å². The number of ether oxygens (including phenoxy) is 2. The van der Waals surface area contributed by atoms with Crippen LogP contribution in [0, 0.1) is 5.92 Å². The number of para-hydroxylation sites is 2. The number of hydrogen-bond acceptors (Lipinski definition) is 6. The molecule has 0 aliphatic rings. The molecule has 0 radical (unpaired) electrons. The number of benzene rings is 4. The number of urea groups is 1. The molecular formula is C34H36N2O7. The third-order valence-electron chi connectivity index (χ3n) is 6.91. The van der Waals surface area contributed by atoms with Crippen molar-refractivity contribution in [3.8, 4) is 22.6 Å². The molecule has 0 heterocycles. The van der Waals surface area contributed by atoms with Gasteiger partial charge in [-0.15, -0.1) is 0 Å². The van der Waals surface area contributed by atoms with Crippen molar-refractivity contribution < 1.29 is 34.1 Å². The molecule has 4 aromatic carbocycles. The summed E-state index contributed by atoms with van der Waals surface area (Å²) in [5.74, 6) is -1.64. The number of aliphatic hydroxyl groups excluding tert-OH is 1. The van der Waals surface area contributed by atoms with E-state index in [9.17, 15) is 24.6 Å². The van der Waals surface area contributed by atoms with Gasteiger partial charge < -0.3 is 29.9 Å². The smallest absolute Gasteiger partial charge is 0.334 e. The highest BCUT2D eigenvalue weighted by Crippen LogP contribution is 2.29. The van der Waals surface area contributed by atoms with Gasteiger partial charge >= 0.3 is 18.0 Å². The maximum Gasteiger partial charge on any atom is 0.334 e. The summed E-state index contributed by atoms with van der Waals surface area (Å²) in [5.41, 5.74) is 2.85. The van der Waals surface area contributed by atoms with Crippen LogP contribution in [0.5, 0.6) is 11.5 Å². The maximum absolute atomic E-state index is 13.5. The van der Waals surface area contributed by atoms with Gasteiger partial charge in [-0.2, -0.15) is 0 Å². The summed E-state index contributed by atoms with van der Waals surface area (Å²) in [6, 6.07) is 26.8. The van der Waals surface area contributed by atoms with Crippen LogP contribution >= 0.6 is 0 Å². The summed E-state index contributed by atoms with van der Waals surface area (Å²) in [7, 11) is 1.46. The van der Waals surface area contributed by atoms with E-state index >= 15 is 0 Å². The summed E-state index contributed by atoms with van der Waals surface area (Å²) in [4.78, 5) is 39.3. The molecule has 224 valence electrons.